The number of aliphatic hydroxyl groups excluding tert-OH is 1. The summed E-state index contributed by atoms with van der Waals surface area (Å²) in [7, 11) is 2.02. The summed E-state index contributed by atoms with van der Waals surface area (Å²) < 4.78 is 2.11. The molecule has 98 valence electrons. The first-order chi connectivity index (χ1) is 8.45. The first-order valence-corrected chi connectivity index (χ1v) is 6.42. The molecule has 0 radical (unpaired) electrons. The van der Waals surface area contributed by atoms with Crippen molar-refractivity contribution < 1.29 is 5.11 Å². The molecule has 2 rings (SSSR count). The van der Waals surface area contributed by atoms with E-state index in [1.165, 1.54) is 0 Å². The first kappa shape index (κ1) is 13.1. The van der Waals surface area contributed by atoms with Crippen LogP contribution >= 0.6 is 0 Å². The topological polar surface area (TPSA) is 51.2 Å². The minimum absolute atomic E-state index is 0.241. The summed E-state index contributed by atoms with van der Waals surface area (Å²) in [5.74, 6) is 0.248. The molecular weight excluding hydrogens is 224 g/mol. The molecule has 1 aromatic heterocycles. The fourth-order valence-electron chi connectivity index (χ4n) is 2.48. The molecule has 0 saturated carbocycles. The van der Waals surface area contributed by atoms with Crippen LogP contribution in [0.5, 0.6) is 0 Å². The van der Waals surface area contributed by atoms with Gasteiger partial charge in [-0.3, -0.25) is 0 Å². The van der Waals surface area contributed by atoms with Crippen molar-refractivity contribution in [2.24, 2.45) is 18.7 Å². The number of nitrogens with zero attached hydrogens (tertiary/aromatic N) is 1. The molecule has 2 unspecified atom stereocenters. The van der Waals surface area contributed by atoms with Crippen LogP contribution < -0.4 is 5.73 Å². The predicted molar refractivity (Wildman–Crippen MR) is 75.4 cm³/mol. The summed E-state index contributed by atoms with van der Waals surface area (Å²) in [5, 5.41) is 11.6. The van der Waals surface area contributed by atoms with Crippen LogP contribution in [-0.4, -0.2) is 15.7 Å². The maximum absolute atomic E-state index is 10.5. The smallest absolute Gasteiger partial charge is 0.0966 e. The number of aryl methyl sites for hydroxylation is 1. The standard InChI is InChI=1S/C15H22N2O/c1-9(2)14(16)15(18)13-10(3)17(4)12-8-6-5-7-11(12)13/h5-9,14-15,18H,16H2,1-4H3. The lowest BCUT2D eigenvalue weighted by molar-refractivity contribution is 0.126. The first-order valence-electron chi connectivity index (χ1n) is 6.42. The van der Waals surface area contributed by atoms with Crippen LogP contribution in [0.25, 0.3) is 10.9 Å². The van der Waals surface area contributed by atoms with Crippen molar-refractivity contribution in [1.82, 2.24) is 4.57 Å². The lowest BCUT2D eigenvalue weighted by Crippen LogP contribution is -2.33. The highest BCUT2D eigenvalue weighted by molar-refractivity contribution is 5.85. The average molecular weight is 246 g/mol. The van der Waals surface area contributed by atoms with Crippen LogP contribution in [-0.2, 0) is 7.05 Å². The normalized spacial score (nSPS) is 15.3. The van der Waals surface area contributed by atoms with Gasteiger partial charge in [-0.1, -0.05) is 32.0 Å². The van der Waals surface area contributed by atoms with Crippen LogP contribution in [0.3, 0.4) is 0 Å². The van der Waals surface area contributed by atoms with E-state index >= 15 is 0 Å². The molecule has 18 heavy (non-hydrogen) atoms. The molecule has 2 atom stereocenters. The van der Waals surface area contributed by atoms with Crippen LogP contribution in [0, 0.1) is 12.8 Å². The summed E-state index contributed by atoms with van der Waals surface area (Å²) in [6.45, 7) is 6.11. The molecule has 3 heteroatoms. The van der Waals surface area contributed by atoms with Gasteiger partial charge in [0.1, 0.15) is 0 Å². The van der Waals surface area contributed by atoms with Crippen LogP contribution in [0.2, 0.25) is 0 Å². The largest absolute Gasteiger partial charge is 0.387 e. The van der Waals surface area contributed by atoms with Gasteiger partial charge in [-0.2, -0.15) is 0 Å². The highest BCUT2D eigenvalue weighted by Gasteiger charge is 2.25. The number of hydrogen-bond acceptors (Lipinski definition) is 2. The average Bonchev–Trinajstić information content (AvgIpc) is 2.61. The Morgan fingerprint density at radius 3 is 2.44 bits per heavy atom. The number of benzene rings is 1. The molecule has 0 spiro atoms. The number of aromatic nitrogens is 1. The number of para-hydroxylation sites is 1. The second-order valence-electron chi connectivity index (χ2n) is 5.34. The van der Waals surface area contributed by atoms with Crippen LogP contribution in [0.15, 0.2) is 24.3 Å². The second-order valence-corrected chi connectivity index (χ2v) is 5.34. The lowest BCUT2D eigenvalue weighted by Gasteiger charge is -2.23. The quantitative estimate of drug-likeness (QED) is 0.874. The van der Waals surface area contributed by atoms with Gasteiger partial charge >= 0.3 is 0 Å². The van der Waals surface area contributed by atoms with Gasteiger partial charge in [0.05, 0.1) is 6.10 Å². The Labute approximate surface area is 108 Å². The Bertz CT molecular complexity index is 557. The van der Waals surface area contributed by atoms with Gasteiger partial charge in [-0.25, -0.2) is 0 Å². The molecule has 0 aliphatic rings. The van der Waals surface area contributed by atoms with E-state index in [0.29, 0.717) is 0 Å². The summed E-state index contributed by atoms with van der Waals surface area (Å²) in [5.41, 5.74) is 9.29. The minimum Gasteiger partial charge on any atom is -0.387 e. The molecule has 2 aromatic rings. The number of aliphatic hydroxyl groups is 1. The highest BCUT2D eigenvalue weighted by atomic mass is 16.3. The molecule has 0 aliphatic heterocycles. The molecular formula is C15H22N2O. The molecule has 0 fully saturated rings. The van der Waals surface area contributed by atoms with Crippen LogP contribution in [0.4, 0.5) is 0 Å². The Kier molecular flexibility index (Phi) is 3.46. The van der Waals surface area contributed by atoms with Crippen molar-refractivity contribution in [2.45, 2.75) is 32.9 Å². The zero-order chi connectivity index (χ0) is 13.4. The predicted octanol–water partition coefficient (Wildman–Crippen LogP) is 2.50. The van der Waals surface area contributed by atoms with Gasteiger partial charge < -0.3 is 15.4 Å². The van der Waals surface area contributed by atoms with E-state index in [-0.39, 0.29) is 12.0 Å². The summed E-state index contributed by atoms with van der Waals surface area (Å²) in [6, 6.07) is 7.89. The van der Waals surface area contributed by atoms with Crippen LogP contribution in [0.1, 0.15) is 31.2 Å². The zero-order valence-corrected chi connectivity index (χ0v) is 11.5. The molecule has 0 bridgehead atoms. The molecule has 0 aliphatic carbocycles. The van der Waals surface area contributed by atoms with E-state index in [2.05, 4.69) is 10.6 Å². The fourth-order valence-corrected chi connectivity index (χ4v) is 2.48. The lowest BCUT2D eigenvalue weighted by atomic mass is 9.92. The number of hydrogen-bond donors (Lipinski definition) is 2. The molecule has 1 heterocycles. The number of nitrogens with two attached hydrogens (primary N) is 1. The van der Waals surface area contributed by atoms with Crippen molar-refractivity contribution in [3.63, 3.8) is 0 Å². The molecule has 3 N–H and O–H groups in total. The van der Waals surface area contributed by atoms with Crippen molar-refractivity contribution in [1.29, 1.82) is 0 Å². The van der Waals surface area contributed by atoms with Gasteiger partial charge in [-0.05, 0) is 18.9 Å². The maximum Gasteiger partial charge on any atom is 0.0966 e. The Balaban J connectivity index is 2.60. The molecule has 0 amide bonds. The molecule has 1 aromatic carbocycles. The van der Waals surface area contributed by atoms with E-state index in [4.69, 9.17) is 5.73 Å². The fraction of sp³-hybridized carbons (Fsp3) is 0.467. The monoisotopic (exact) mass is 246 g/mol. The van der Waals surface area contributed by atoms with Gasteiger partial charge in [-0.15, -0.1) is 0 Å². The van der Waals surface area contributed by atoms with E-state index in [0.717, 1.165) is 22.2 Å². The number of rotatable bonds is 3. The van der Waals surface area contributed by atoms with Crippen molar-refractivity contribution in [2.75, 3.05) is 0 Å². The summed E-state index contributed by atoms with van der Waals surface area (Å²) in [4.78, 5) is 0. The minimum atomic E-state index is -0.615. The maximum atomic E-state index is 10.5. The zero-order valence-electron chi connectivity index (χ0n) is 11.5. The Morgan fingerprint density at radius 2 is 1.83 bits per heavy atom. The van der Waals surface area contributed by atoms with E-state index in [1.807, 2.05) is 46.0 Å². The third-order valence-electron chi connectivity index (χ3n) is 3.88. The third kappa shape index (κ3) is 1.93. The van der Waals surface area contributed by atoms with Gasteiger partial charge in [0, 0.05) is 35.2 Å². The van der Waals surface area contributed by atoms with E-state index in [9.17, 15) is 5.11 Å². The van der Waals surface area contributed by atoms with Gasteiger partial charge in [0.15, 0.2) is 0 Å². The summed E-state index contributed by atoms with van der Waals surface area (Å²) >= 11 is 0. The highest BCUT2D eigenvalue weighted by Crippen LogP contribution is 2.32. The second kappa shape index (κ2) is 4.75. The van der Waals surface area contributed by atoms with Crippen molar-refractivity contribution in [3.8, 4) is 0 Å². The Hall–Kier alpha value is -1.32. The van der Waals surface area contributed by atoms with Gasteiger partial charge in [0.25, 0.3) is 0 Å². The van der Waals surface area contributed by atoms with E-state index < -0.39 is 6.10 Å². The third-order valence-corrected chi connectivity index (χ3v) is 3.88. The Morgan fingerprint density at radius 1 is 1.22 bits per heavy atom. The van der Waals surface area contributed by atoms with E-state index in [1.54, 1.807) is 0 Å². The molecule has 3 nitrogen and oxygen atoms in total. The van der Waals surface area contributed by atoms with Crippen molar-refractivity contribution in [3.05, 3.63) is 35.5 Å². The SMILES string of the molecule is Cc1c(C(O)C(N)C(C)C)c2ccccc2n1C. The van der Waals surface area contributed by atoms with Crippen molar-refractivity contribution >= 4 is 10.9 Å². The molecule has 0 saturated heterocycles. The number of fused-ring (bicyclic) bond motifs is 1. The van der Waals surface area contributed by atoms with Gasteiger partial charge in [0.2, 0.25) is 0 Å². The summed E-state index contributed by atoms with van der Waals surface area (Å²) in [6.07, 6.45) is -0.615.